The van der Waals surface area contributed by atoms with Gasteiger partial charge in [-0.25, -0.2) is 0 Å². The normalized spacial score (nSPS) is 10.0. The Morgan fingerprint density at radius 1 is 1.22 bits per heavy atom. The standard InChI is InChI=1S/C6H16N2S/c1-2-7-4-3-5-8-6-9/h7-9H,2-6H2,1H3. The maximum absolute atomic E-state index is 4.01. The van der Waals surface area contributed by atoms with Gasteiger partial charge in [0.25, 0.3) is 0 Å². The Hall–Kier alpha value is 0.270. The van der Waals surface area contributed by atoms with E-state index in [0.29, 0.717) is 0 Å². The van der Waals surface area contributed by atoms with Gasteiger partial charge in [0.1, 0.15) is 0 Å². The van der Waals surface area contributed by atoms with Gasteiger partial charge in [-0.15, -0.1) is 0 Å². The third kappa shape index (κ3) is 8.27. The molecule has 2 N–H and O–H groups in total. The summed E-state index contributed by atoms with van der Waals surface area (Å²) in [6.07, 6.45) is 1.19. The van der Waals surface area contributed by atoms with E-state index in [-0.39, 0.29) is 0 Å². The zero-order valence-electron chi connectivity index (χ0n) is 5.98. The molecular formula is C6H16N2S. The fourth-order valence-corrected chi connectivity index (χ4v) is 0.752. The molecule has 0 bridgehead atoms. The molecule has 0 rings (SSSR count). The summed E-state index contributed by atoms with van der Waals surface area (Å²) < 4.78 is 0. The van der Waals surface area contributed by atoms with Crippen molar-refractivity contribution in [1.29, 1.82) is 0 Å². The lowest BCUT2D eigenvalue weighted by atomic mass is 10.4. The van der Waals surface area contributed by atoms with Crippen molar-refractivity contribution in [3.8, 4) is 0 Å². The van der Waals surface area contributed by atoms with Crippen molar-refractivity contribution in [3.05, 3.63) is 0 Å². The van der Waals surface area contributed by atoms with Crippen LogP contribution in [-0.4, -0.2) is 25.5 Å². The maximum atomic E-state index is 4.01. The van der Waals surface area contributed by atoms with Gasteiger partial charge in [0.15, 0.2) is 0 Å². The zero-order chi connectivity index (χ0) is 6.95. The third-order valence-electron chi connectivity index (χ3n) is 1.07. The molecule has 0 atom stereocenters. The van der Waals surface area contributed by atoms with Gasteiger partial charge in [0, 0.05) is 5.88 Å². The van der Waals surface area contributed by atoms with Crippen molar-refractivity contribution in [2.45, 2.75) is 13.3 Å². The third-order valence-corrected chi connectivity index (χ3v) is 1.29. The van der Waals surface area contributed by atoms with Gasteiger partial charge < -0.3 is 10.6 Å². The second-order valence-electron chi connectivity index (χ2n) is 1.87. The van der Waals surface area contributed by atoms with Crippen molar-refractivity contribution >= 4 is 12.6 Å². The van der Waals surface area contributed by atoms with E-state index in [4.69, 9.17) is 0 Å². The van der Waals surface area contributed by atoms with Crippen LogP contribution in [0.25, 0.3) is 0 Å². The molecule has 9 heavy (non-hydrogen) atoms. The molecule has 0 fully saturated rings. The molecule has 3 heteroatoms. The predicted octanol–water partition coefficient (Wildman–Crippen LogP) is 0.463. The molecule has 0 aromatic rings. The van der Waals surface area contributed by atoms with Gasteiger partial charge in [-0.1, -0.05) is 6.92 Å². The largest absolute Gasteiger partial charge is 0.317 e. The zero-order valence-corrected chi connectivity index (χ0v) is 6.88. The first kappa shape index (κ1) is 9.27. The van der Waals surface area contributed by atoms with Crippen LogP contribution in [0, 0.1) is 0 Å². The van der Waals surface area contributed by atoms with E-state index in [1.807, 2.05) is 0 Å². The molecule has 0 aromatic heterocycles. The van der Waals surface area contributed by atoms with E-state index in [1.165, 1.54) is 6.42 Å². The summed E-state index contributed by atoms with van der Waals surface area (Å²) in [6.45, 7) is 5.36. The summed E-state index contributed by atoms with van der Waals surface area (Å²) in [6, 6.07) is 0. The first-order valence-corrected chi connectivity index (χ1v) is 4.07. The van der Waals surface area contributed by atoms with Gasteiger partial charge in [-0.05, 0) is 26.1 Å². The molecule has 56 valence electrons. The molecule has 0 heterocycles. The Bertz CT molecular complexity index is 44.3. The predicted molar refractivity (Wildman–Crippen MR) is 45.0 cm³/mol. The van der Waals surface area contributed by atoms with Crippen LogP contribution in [0.4, 0.5) is 0 Å². The van der Waals surface area contributed by atoms with Gasteiger partial charge in [-0.3, -0.25) is 0 Å². The summed E-state index contributed by atoms with van der Waals surface area (Å²) in [5.74, 6) is 0.784. The van der Waals surface area contributed by atoms with Crippen LogP contribution >= 0.6 is 12.6 Å². The Morgan fingerprint density at radius 3 is 2.44 bits per heavy atom. The fraction of sp³-hybridized carbons (Fsp3) is 1.00. The minimum atomic E-state index is 0.784. The summed E-state index contributed by atoms with van der Waals surface area (Å²) in [5.41, 5.74) is 0. The van der Waals surface area contributed by atoms with Crippen molar-refractivity contribution in [3.63, 3.8) is 0 Å². The Balaban J connectivity index is 2.60. The van der Waals surface area contributed by atoms with E-state index in [0.717, 1.165) is 25.5 Å². The molecule has 0 aliphatic carbocycles. The molecule has 0 saturated heterocycles. The number of rotatable bonds is 6. The Labute approximate surface area is 62.8 Å². The highest BCUT2D eigenvalue weighted by molar-refractivity contribution is 7.80. The summed E-state index contributed by atoms with van der Waals surface area (Å²) >= 11 is 4.01. The minimum Gasteiger partial charge on any atom is -0.317 e. The van der Waals surface area contributed by atoms with Crippen LogP contribution in [0.5, 0.6) is 0 Å². The fourth-order valence-electron chi connectivity index (χ4n) is 0.594. The lowest BCUT2D eigenvalue weighted by Gasteiger charge is -2.00. The lowest BCUT2D eigenvalue weighted by Crippen LogP contribution is -2.20. The molecule has 2 nitrogen and oxygen atoms in total. The van der Waals surface area contributed by atoms with Gasteiger partial charge in [0.2, 0.25) is 0 Å². The minimum absolute atomic E-state index is 0.784. The van der Waals surface area contributed by atoms with Gasteiger partial charge >= 0.3 is 0 Å². The van der Waals surface area contributed by atoms with Crippen LogP contribution in [-0.2, 0) is 0 Å². The molecule has 0 aliphatic heterocycles. The molecule has 0 saturated carbocycles. The number of hydrogen-bond donors (Lipinski definition) is 3. The summed E-state index contributed by atoms with van der Waals surface area (Å²) in [5, 5.41) is 6.37. The second kappa shape index (κ2) is 8.27. The summed E-state index contributed by atoms with van der Waals surface area (Å²) in [4.78, 5) is 0. The number of nitrogens with one attached hydrogen (secondary N) is 2. The maximum Gasteiger partial charge on any atom is 0.0387 e. The van der Waals surface area contributed by atoms with E-state index in [1.54, 1.807) is 0 Å². The van der Waals surface area contributed by atoms with E-state index in [9.17, 15) is 0 Å². The van der Waals surface area contributed by atoms with Crippen LogP contribution in [0.2, 0.25) is 0 Å². The SMILES string of the molecule is CCNCCCNCS. The van der Waals surface area contributed by atoms with Crippen molar-refractivity contribution < 1.29 is 0 Å². The highest BCUT2D eigenvalue weighted by Crippen LogP contribution is 1.73. The molecule has 0 amide bonds. The molecule has 0 unspecified atom stereocenters. The van der Waals surface area contributed by atoms with Crippen LogP contribution in [0.3, 0.4) is 0 Å². The molecule has 0 radical (unpaired) electrons. The highest BCUT2D eigenvalue weighted by Gasteiger charge is 1.82. The second-order valence-corrected chi connectivity index (χ2v) is 2.18. The van der Waals surface area contributed by atoms with E-state index in [2.05, 4.69) is 30.2 Å². The molecule has 0 aliphatic rings. The van der Waals surface area contributed by atoms with E-state index >= 15 is 0 Å². The lowest BCUT2D eigenvalue weighted by molar-refractivity contribution is 0.638. The van der Waals surface area contributed by atoms with E-state index < -0.39 is 0 Å². The monoisotopic (exact) mass is 148 g/mol. The van der Waals surface area contributed by atoms with Crippen LogP contribution < -0.4 is 10.6 Å². The molecular weight excluding hydrogens is 132 g/mol. The average molecular weight is 148 g/mol. The smallest absolute Gasteiger partial charge is 0.0387 e. The average Bonchev–Trinajstić information content (AvgIpc) is 1.89. The van der Waals surface area contributed by atoms with Crippen LogP contribution in [0.1, 0.15) is 13.3 Å². The molecule has 0 spiro atoms. The quantitative estimate of drug-likeness (QED) is 0.290. The topological polar surface area (TPSA) is 24.1 Å². The highest BCUT2D eigenvalue weighted by atomic mass is 32.1. The first-order valence-electron chi connectivity index (χ1n) is 3.44. The number of thiol groups is 1. The van der Waals surface area contributed by atoms with Crippen molar-refractivity contribution in [1.82, 2.24) is 10.6 Å². The van der Waals surface area contributed by atoms with Crippen molar-refractivity contribution in [2.75, 3.05) is 25.5 Å². The van der Waals surface area contributed by atoms with Gasteiger partial charge in [0.05, 0.1) is 0 Å². The molecule has 0 aromatic carbocycles. The number of hydrogen-bond acceptors (Lipinski definition) is 3. The Kier molecular flexibility index (Phi) is 8.52. The summed E-state index contributed by atoms with van der Waals surface area (Å²) in [7, 11) is 0. The first-order chi connectivity index (χ1) is 4.41. The Morgan fingerprint density at radius 2 is 1.89 bits per heavy atom. The van der Waals surface area contributed by atoms with Crippen molar-refractivity contribution in [2.24, 2.45) is 0 Å². The van der Waals surface area contributed by atoms with Crippen LogP contribution in [0.15, 0.2) is 0 Å². The van der Waals surface area contributed by atoms with Gasteiger partial charge in [-0.2, -0.15) is 12.6 Å².